The Hall–Kier alpha value is -2.11. The molecule has 0 fully saturated rings. The number of ether oxygens (including phenoxy) is 2. The Bertz CT molecular complexity index is 1130. The van der Waals surface area contributed by atoms with Gasteiger partial charge in [0, 0.05) is 25.1 Å². The Morgan fingerprint density at radius 1 is 1.30 bits per heavy atom. The molecule has 1 aliphatic rings. The normalized spacial score (nSPS) is 18.8. The van der Waals surface area contributed by atoms with Crippen molar-refractivity contribution in [3.8, 4) is 23.3 Å². The maximum Gasteiger partial charge on any atom is 0.244 e. The highest BCUT2D eigenvalue weighted by Crippen LogP contribution is 2.46. The lowest BCUT2D eigenvalue weighted by molar-refractivity contribution is 0.237. The standard InChI is InChI=1S/C21H24FN3O5P2S/c1-27-19-6-4-5-17(20(19)28-2)21-24-14-32(3,9-10-33-21)30-25-13-31(26)29-16-8-7-15(12-23)18(22)11-16/h4-8,11,14,25-26H,9-10,13H2,1-3H3. The van der Waals surface area contributed by atoms with Crippen LogP contribution in [0.15, 0.2) is 41.4 Å². The third kappa shape index (κ3) is 6.70. The zero-order valence-electron chi connectivity index (χ0n) is 18.3. The van der Waals surface area contributed by atoms with E-state index in [1.54, 1.807) is 32.1 Å². The number of aliphatic imine (C=N–C) groups is 1. The van der Waals surface area contributed by atoms with Gasteiger partial charge in [-0.1, -0.05) is 6.07 Å². The zero-order valence-corrected chi connectivity index (χ0v) is 20.9. The van der Waals surface area contributed by atoms with E-state index in [9.17, 15) is 9.28 Å². The van der Waals surface area contributed by atoms with E-state index in [0.717, 1.165) is 28.6 Å². The first-order valence-electron chi connectivity index (χ1n) is 9.76. The van der Waals surface area contributed by atoms with Gasteiger partial charge in [0.1, 0.15) is 29.0 Å². The molecular weight excluding hydrogens is 487 g/mol. The summed E-state index contributed by atoms with van der Waals surface area (Å²) in [5.41, 5.74) is 3.54. The number of thioether (sulfide) groups is 1. The number of nitrogens with one attached hydrogen (secondary N) is 1. The second kappa shape index (κ2) is 11.8. The summed E-state index contributed by atoms with van der Waals surface area (Å²) in [7, 11) is -0.794. The van der Waals surface area contributed by atoms with Gasteiger partial charge in [-0.25, -0.2) is 9.38 Å². The molecule has 8 nitrogen and oxygen atoms in total. The molecule has 0 saturated heterocycles. The van der Waals surface area contributed by atoms with E-state index in [0.29, 0.717) is 11.5 Å². The first-order chi connectivity index (χ1) is 15.9. The molecule has 0 aliphatic carbocycles. The quantitative estimate of drug-likeness (QED) is 0.377. The van der Waals surface area contributed by atoms with Crippen molar-refractivity contribution in [3.63, 3.8) is 0 Å². The fourth-order valence-corrected chi connectivity index (χ4v) is 7.10. The first-order valence-corrected chi connectivity index (χ1v) is 14.6. The topological polar surface area (TPSA) is 105 Å². The third-order valence-electron chi connectivity index (χ3n) is 4.57. The summed E-state index contributed by atoms with van der Waals surface area (Å²) in [5.74, 6) is 3.32. The van der Waals surface area contributed by atoms with Gasteiger partial charge >= 0.3 is 0 Å². The van der Waals surface area contributed by atoms with Crippen LogP contribution in [-0.4, -0.2) is 54.9 Å². The number of nitrogens with zero attached hydrogens (tertiary/aromatic N) is 2. The number of para-hydroxylation sites is 1. The van der Waals surface area contributed by atoms with Crippen LogP contribution < -0.4 is 19.5 Å². The van der Waals surface area contributed by atoms with E-state index >= 15 is 0 Å². The van der Waals surface area contributed by atoms with Crippen molar-refractivity contribution in [1.82, 2.24) is 5.48 Å². The Kier molecular flexibility index (Phi) is 9.16. The van der Waals surface area contributed by atoms with Gasteiger partial charge in [-0.2, -0.15) is 10.7 Å². The molecule has 1 heterocycles. The lowest BCUT2D eigenvalue weighted by atomic mass is 10.2. The van der Waals surface area contributed by atoms with E-state index in [4.69, 9.17) is 23.9 Å². The monoisotopic (exact) mass is 511 g/mol. The fourth-order valence-electron chi connectivity index (χ4n) is 2.89. The summed E-state index contributed by atoms with van der Waals surface area (Å²) < 4.78 is 35.8. The second-order valence-corrected chi connectivity index (χ2v) is 12.4. The maximum atomic E-state index is 13.7. The summed E-state index contributed by atoms with van der Waals surface area (Å²) in [6.07, 6.45) is 0.794. The third-order valence-corrected chi connectivity index (χ3v) is 8.96. The molecule has 2 aromatic rings. The van der Waals surface area contributed by atoms with E-state index in [1.165, 1.54) is 12.1 Å². The van der Waals surface area contributed by atoms with Crippen LogP contribution in [0.1, 0.15) is 11.1 Å². The summed E-state index contributed by atoms with van der Waals surface area (Å²) in [5, 5.41) is 9.59. The number of halogens is 1. The average molecular weight is 511 g/mol. The number of nitriles is 1. The largest absolute Gasteiger partial charge is 0.493 e. The molecule has 33 heavy (non-hydrogen) atoms. The molecule has 3 rings (SSSR count). The smallest absolute Gasteiger partial charge is 0.244 e. The van der Waals surface area contributed by atoms with Gasteiger partial charge in [0.2, 0.25) is 8.38 Å². The molecule has 0 amide bonds. The van der Waals surface area contributed by atoms with Crippen LogP contribution in [0.4, 0.5) is 4.39 Å². The number of benzene rings is 2. The average Bonchev–Trinajstić information content (AvgIpc) is 3.00. The van der Waals surface area contributed by atoms with Gasteiger partial charge in [-0.15, -0.1) is 11.8 Å². The molecule has 12 heteroatoms. The van der Waals surface area contributed by atoms with Crippen LogP contribution >= 0.6 is 27.3 Å². The van der Waals surface area contributed by atoms with Crippen molar-refractivity contribution in [2.75, 3.05) is 39.1 Å². The van der Waals surface area contributed by atoms with Crippen LogP contribution in [0, 0.1) is 17.1 Å². The van der Waals surface area contributed by atoms with E-state index in [1.807, 2.05) is 30.8 Å². The molecule has 2 N–H and O–H groups in total. The fraction of sp³-hybridized carbons (Fsp3) is 0.286. The van der Waals surface area contributed by atoms with Gasteiger partial charge in [0.15, 0.2) is 11.5 Å². The number of methoxy groups -OCH3 is 2. The highest BCUT2D eigenvalue weighted by molar-refractivity contribution is 8.14. The second-order valence-electron chi connectivity index (χ2n) is 6.93. The number of hydroxylamine groups is 1. The molecule has 0 aromatic heterocycles. The lowest BCUT2D eigenvalue weighted by Crippen LogP contribution is -2.16. The van der Waals surface area contributed by atoms with Gasteiger partial charge in [0.25, 0.3) is 0 Å². The molecule has 2 aromatic carbocycles. The number of hydrogen-bond acceptors (Lipinski definition) is 9. The van der Waals surface area contributed by atoms with Crippen LogP contribution in [0.3, 0.4) is 0 Å². The number of rotatable bonds is 9. The van der Waals surface area contributed by atoms with Crippen LogP contribution in [-0.2, 0) is 4.62 Å². The van der Waals surface area contributed by atoms with Crippen LogP contribution in [0.2, 0.25) is 0 Å². The minimum atomic E-state index is -2.03. The zero-order chi connectivity index (χ0) is 23.8. The Labute approximate surface area is 197 Å². The van der Waals surface area contributed by atoms with E-state index < -0.39 is 21.3 Å². The highest BCUT2D eigenvalue weighted by Gasteiger charge is 2.21. The van der Waals surface area contributed by atoms with Crippen molar-refractivity contribution in [2.45, 2.75) is 0 Å². The van der Waals surface area contributed by atoms with Crippen molar-refractivity contribution >= 4 is 38.2 Å². The van der Waals surface area contributed by atoms with Crippen molar-refractivity contribution in [2.24, 2.45) is 4.99 Å². The summed E-state index contributed by atoms with van der Waals surface area (Å²) in [6.45, 7) is 1.99. The molecule has 0 saturated carbocycles. The summed E-state index contributed by atoms with van der Waals surface area (Å²) >= 11 is 1.61. The number of hydrogen-bond donors (Lipinski definition) is 2. The molecule has 2 atom stereocenters. The van der Waals surface area contributed by atoms with Gasteiger partial charge in [-0.3, -0.25) is 4.62 Å². The Morgan fingerprint density at radius 2 is 2.12 bits per heavy atom. The van der Waals surface area contributed by atoms with Gasteiger partial charge in [0.05, 0.1) is 31.3 Å². The first kappa shape index (κ1) is 25.5. The molecule has 176 valence electrons. The predicted molar refractivity (Wildman–Crippen MR) is 132 cm³/mol. The summed E-state index contributed by atoms with van der Waals surface area (Å²) in [6, 6.07) is 11.2. The minimum Gasteiger partial charge on any atom is -0.493 e. The highest BCUT2D eigenvalue weighted by atomic mass is 32.2. The summed E-state index contributed by atoms with van der Waals surface area (Å²) in [4.78, 5) is 14.8. The predicted octanol–water partition coefficient (Wildman–Crippen LogP) is 4.39. The molecule has 0 spiro atoms. The minimum absolute atomic E-state index is 0.0216. The molecule has 2 unspecified atom stereocenters. The van der Waals surface area contributed by atoms with Gasteiger partial charge in [-0.05, 0) is 30.9 Å². The molecule has 1 aliphatic heterocycles. The Balaban J connectivity index is 1.63. The van der Waals surface area contributed by atoms with Crippen molar-refractivity contribution in [1.29, 1.82) is 5.26 Å². The lowest BCUT2D eigenvalue weighted by Gasteiger charge is -2.20. The van der Waals surface area contributed by atoms with Crippen LogP contribution in [0.5, 0.6) is 17.2 Å². The molecular formula is C21H24FN3O5P2S. The van der Waals surface area contributed by atoms with Gasteiger partial charge < -0.3 is 18.9 Å². The van der Waals surface area contributed by atoms with E-state index in [2.05, 4.69) is 10.5 Å². The molecule has 0 radical (unpaired) electrons. The maximum absolute atomic E-state index is 13.7. The van der Waals surface area contributed by atoms with Crippen molar-refractivity contribution < 1.29 is 27.9 Å². The van der Waals surface area contributed by atoms with Crippen molar-refractivity contribution in [3.05, 3.63) is 53.3 Å². The Morgan fingerprint density at radius 3 is 2.82 bits per heavy atom. The molecule has 0 bridgehead atoms. The SMILES string of the molecule is COc1cccc(C2=NC=P(C)(ONCP(O)Oc3ccc(C#N)c(F)c3)CCS2)c1OC. The van der Waals surface area contributed by atoms with Crippen LogP contribution in [0.25, 0.3) is 0 Å². The van der Waals surface area contributed by atoms with E-state index in [-0.39, 0.29) is 17.6 Å².